The van der Waals surface area contributed by atoms with Crippen LogP contribution in [0.2, 0.25) is 0 Å². The number of nitriles is 1. The van der Waals surface area contributed by atoms with Crippen molar-refractivity contribution in [1.82, 2.24) is 14.5 Å². The summed E-state index contributed by atoms with van der Waals surface area (Å²) in [6, 6.07) is 21.6. The van der Waals surface area contributed by atoms with Crippen molar-refractivity contribution >= 4 is 29.2 Å². The van der Waals surface area contributed by atoms with Gasteiger partial charge in [0.2, 0.25) is 0 Å². The highest BCUT2D eigenvalue weighted by molar-refractivity contribution is 7.70. The Morgan fingerprint density at radius 1 is 0.975 bits per heavy atom. The number of aryl methyl sites for hydroxylation is 1. The number of rotatable bonds is 5. The predicted molar refractivity (Wildman–Crippen MR) is 158 cm³/mol. The van der Waals surface area contributed by atoms with Gasteiger partial charge in [0.1, 0.15) is 30.2 Å². The molecule has 1 aliphatic rings. The third kappa shape index (κ3) is 5.20. The summed E-state index contributed by atoms with van der Waals surface area (Å²) in [4.78, 5) is 22.1. The van der Waals surface area contributed by atoms with E-state index in [9.17, 15) is 19.0 Å². The van der Waals surface area contributed by atoms with Gasteiger partial charge in [0, 0.05) is 43.6 Å². The first-order chi connectivity index (χ1) is 19.0. The first kappa shape index (κ1) is 27.8. The van der Waals surface area contributed by atoms with E-state index in [4.69, 9.17) is 0 Å². The van der Waals surface area contributed by atoms with E-state index in [1.54, 1.807) is 43.1 Å². The molecule has 9 heteroatoms. The molecule has 2 aromatic heterocycles. The van der Waals surface area contributed by atoms with E-state index >= 15 is 0 Å². The van der Waals surface area contributed by atoms with Crippen molar-refractivity contribution in [2.45, 2.75) is 32.0 Å². The van der Waals surface area contributed by atoms with Gasteiger partial charge in [-0.1, -0.05) is 36.4 Å². The summed E-state index contributed by atoms with van der Waals surface area (Å²) >= 11 is 0. The van der Waals surface area contributed by atoms with E-state index in [1.807, 2.05) is 36.4 Å². The summed E-state index contributed by atoms with van der Waals surface area (Å²) in [5.74, 6) is -0.288. The standard InChI is InChI=1S/C31H33FN5O2P/c1-20-19-37(31(22-6-10-24(32)11-7-22)23-8-13-26(14-9-23)40(4,5)39)21(2)18-36(20)28-16-29(38)35(3)27-15-12-25(17-33)34-30(27)28/h6-16,20-21,31H,18-19H2,1-5H3/t20-,21+,31?/m0/s1. The van der Waals surface area contributed by atoms with Crippen molar-refractivity contribution in [3.05, 3.63) is 99.7 Å². The number of benzene rings is 2. The van der Waals surface area contributed by atoms with E-state index in [0.29, 0.717) is 29.8 Å². The molecule has 0 N–H and O–H groups in total. The quantitative estimate of drug-likeness (QED) is 0.326. The minimum atomic E-state index is -2.40. The third-order valence-electron chi connectivity index (χ3n) is 7.87. The molecule has 2 aromatic carbocycles. The molecular weight excluding hydrogens is 524 g/mol. The molecule has 3 atom stereocenters. The highest BCUT2D eigenvalue weighted by Gasteiger charge is 2.36. The fraction of sp³-hybridized carbons (Fsp3) is 0.323. The zero-order valence-corrected chi connectivity index (χ0v) is 24.3. The van der Waals surface area contributed by atoms with E-state index in [0.717, 1.165) is 22.1 Å². The Labute approximate surface area is 233 Å². The zero-order valence-electron chi connectivity index (χ0n) is 23.4. The molecule has 4 aromatic rings. The van der Waals surface area contributed by atoms with Gasteiger partial charge in [-0.2, -0.15) is 5.26 Å². The van der Waals surface area contributed by atoms with Gasteiger partial charge in [0.15, 0.2) is 0 Å². The monoisotopic (exact) mass is 557 g/mol. The van der Waals surface area contributed by atoms with E-state index in [2.05, 4.69) is 34.7 Å². The summed E-state index contributed by atoms with van der Waals surface area (Å²) in [6.45, 7) is 9.07. The lowest BCUT2D eigenvalue weighted by atomic mass is 9.93. The molecule has 206 valence electrons. The van der Waals surface area contributed by atoms with Crippen molar-refractivity contribution in [2.75, 3.05) is 31.3 Å². The van der Waals surface area contributed by atoms with Crippen molar-refractivity contribution in [2.24, 2.45) is 7.05 Å². The number of aromatic nitrogens is 2. The largest absolute Gasteiger partial charge is 0.364 e. The van der Waals surface area contributed by atoms with Gasteiger partial charge >= 0.3 is 0 Å². The van der Waals surface area contributed by atoms with Gasteiger partial charge in [-0.15, -0.1) is 0 Å². The molecule has 0 saturated carbocycles. The molecule has 3 heterocycles. The smallest absolute Gasteiger partial charge is 0.252 e. The van der Waals surface area contributed by atoms with Crippen LogP contribution < -0.4 is 15.8 Å². The number of piperazine rings is 1. The Kier molecular flexibility index (Phi) is 7.39. The molecule has 1 saturated heterocycles. The molecule has 40 heavy (non-hydrogen) atoms. The van der Waals surface area contributed by atoms with E-state index in [-0.39, 0.29) is 29.5 Å². The van der Waals surface area contributed by atoms with Crippen LogP contribution in [0.25, 0.3) is 11.0 Å². The molecule has 0 aliphatic carbocycles. The van der Waals surface area contributed by atoms with Crippen LogP contribution in [0.15, 0.2) is 71.5 Å². The molecule has 0 radical (unpaired) electrons. The van der Waals surface area contributed by atoms with Crippen molar-refractivity contribution in [3.8, 4) is 6.07 Å². The Morgan fingerprint density at radius 3 is 2.20 bits per heavy atom. The second-order valence-corrected chi connectivity index (χ2v) is 14.3. The topological polar surface area (TPSA) is 82.2 Å². The van der Waals surface area contributed by atoms with E-state index < -0.39 is 7.14 Å². The van der Waals surface area contributed by atoms with Crippen LogP contribution in [-0.4, -0.2) is 53.0 Å². The molecule has 0 spiro atoms. The SMILES string of the molecule is C[C@@H]1CN(c2cc(=O)n(C)c3ccc(C#N)nc23)[C@@H](C)CN1C(c1ccc(F)cc1)c1ccc(P(C)(C)=O)cc1. The molecule has 1 fully saturated rings. The molecule has 5 rings (SSSR count). The lowest BCUT2D eigenvalue weighted by molar-refractivity contribution is 0.130. The third-order valence-corrected chi connectivity index (χ3v) is 9.42. The second kappa shape index (κ2) is 10.6. The molecule has 0 amide bonds. The number of halogens is 1. The first-order valence-electron chi connectivity index (χ1n) is 13.3. The summed E-state index contributed by atoms with van der Waals surface area (Å²) < 4.78 is 28.1. The lowest BCUT2D eigenvalue weighted by Crippen LogP contribution is -2.57. The van der Waals surface area contributed by atoms with Gasteiger partial charge in [-0.3, -0.25) is 9.69 Å². The summed E-state index contributed by atoms with van der Waals surface area (Å²) in [7, 11) is -0.691. The van der Waals surface area contributed by atoms with Crippen LogP contribution in [0.4, 0.5) is 10.1 Å². The average molecular weight is 558 g/mol. The van der Waals surface area contributed by atoms with Crippen LogP contribution in [0, 0.1) is 17.1 Å². The number of fused-ring (bicyclic) bond motifs is 1. The summed E-state index contributed by atoms with van der Waals surface area (Å²) in [5.41, 5.74) is 4.20. The normalized spacial score (nSPS) is 19.0. The Morgan fingerprint density at radius 2 is 1.60 bits per heavy atom. The Bertz CT molecular complexity index is 1710. The van der Waals surface area contributed by atoms with Gasteiger partial charge in [-0.25, -0.2) is 9.37 Å². The number of hydrogen-bond acceptors (Lipinski definition) is 6. The van der Waals surface area contributed by atoms with Crippen LogP contribution in [0.5, 0.6) is 0 Å². The maximum atomic E-state index is 13.9. The zero-order chi connectivity index (χ0) is 28.8. The van der Waals surface area contributed by atoms with E-state index in [1.165, 1.54) is 12.1 Å². The number of pyridine rings is 2. The number of nitrogens with zero attached hydrogens (tertiary/aromatic N) is 5. The Hall–Kier alpha value is -3.79. The van der Waals surface area contributed by atoms with Crippen molar-refractivity contribution < 1.29 is 8.96 Å². The fourth-order valence-electron chi connectivity index (χ4n) is 5.68. The van der Waals surface area contributed by atoms with Gasteiger partial charge in [0.05, 0.1) is 17.2 Å². The van der Waals surface area contributed by atoms with Gasteiger partial charge in [-0.05, 0) is 62.6 Å². The molecule has 1 unspecified atom stereocenters. The molecule has 1 aliphatic heterocycles. The minimum absolute atomic E-state index is 0.00719. The van der Waals surface area contributed by atoms with Crippen molar-refractivity contribution in [3.63, 3.8) is 0 Å². The summed E-state index contributed by atoms with van der Waals surface area (Å²) in [6.07, 6.45) is 0. The van der Waals surface area contributed by atoms with Crippen LogP contribution in [0.1, 0.15) is 36.7 Å². The predicted octanol–water partition coefficient (Wildman–Crippen LogP) is 4.88. The van der Waals surface area contributed by atoms with Gasteiger partial charge < -0.3 is 14.0 Å². The minimum Gasteiger partial charge on any atom is -0.364 e. The fourth-order valence-corrected chi connectivity index (χ4v) is 6.54. The summed E-state index contributed by atoms with van der Waals surface area (Å²) in [5, 5.41) is 10.3. The second-order valence-electron chi connectivity index (χ2n) is 11.0. The average Bonchev–Trinajstić information content (AvgIpc) is 2.93. The van der Waals surface area contributed by atoms with Crippen molar-refractivity contribution in [1.29, 1.82) is 5.26 Å². The molecular formula is C31H33FN5O2P. The lowest BCUT2D eigenvalue weighted by Gasteiger charge is -2.48. The molecule has 7 nitrogen and oxygen atoms in total. The number of hydrogen-bond donors (Lipinski definition) is 0. The Balaban J connectivity index is 1.55. The van der Waals surface area contributed by atoms with Crippen LogP contribution in [0.3, 0.4) is 0 Å². The van der Waals surface area contributed by atoms with Gasteiger partial charge in [0.25, 0.3) is 5.56 Å². The highest BCUT2D eigenvalue weighted by atomic mass is 31.2. The maximum Gasteiger partial charge on any atom is 0.252 e. The number of anilines is 1. The first-order valence-corrected chi connectivity index (χ1v) is 15.9. The highest BCUT2D eigenvalue weighted by Crippen LogP contribution is 2.38. The van der Waals surface area contributed by atoms with Crippen LogP contribution >= 0.6 is 7.14 Å². The maximum absolute atomic E-state index is 13.9. The molecule has 0 bridgehead atoms. The van der Waals surface area contributed by atoms with Crippen LogP contribution in [-0.2, 0) is 11.6 Å².